The fourth-order valence-electron chi connectivity index (χ4n) is 2.69. The van der Waals surface area contributed by atoms with Crippen LogP contribution in [0, 0.1) is 5.92 Å². The molecule has 0 radical (unpaired) electrons. The first-order chi connectivity index (χ1) is 12.7. The molecule has 0 aliphatic rings. The minimum atomic E-state index is -3.90. The smallest absolute Gasteiger partial charge is 0.242 e. The third kappa shape index (κ3) is 5.29. The van der Waals surface area contributed by atoms with E-state index in [9.17, 15) is 8.42 Å². The van der Waals surface area contributed by atoms with Crippen molar-refractivity contribution in [2.45, 2.75) is 31.2 Å². The van der Waals surface area contributed by atoms with Crippen LogP contribution in [0.25, 0.3) is 0 Å². The molecule has 0 heterocycles. The molecule has 0 saturated heterocycles. The van der Waals surface area contributed by atoms with Gasteiger partial charge >= 0.3 is 0 Å². The lowest BCUT2D eigenvalue weighted by Gasteiger charge is -2.22. The van der Waals surface area contributed by atoms with E-state index in [0.29, 0.717) is 17.9 Å². The van der Waals surface area contributed by atoms with E-state index in [4.69, 9.17) is 32.7 Å². The van der Waals surface area contributed by atoms with Crippen LogP contribution in [-0.2, 0) is 10.0 Å². The van der Waals surface area contributed by atoms with Gasteiger partial charge in [0, 0.05) is 6.04 Å². The van der Waals surface area contributed by atoms with Gasteiger partial charge in [0.05, 0.1) is 19.2 Å². The minimum Gasteiger partial charge on any atom is -0.497 e. The second kappa shape index (κ2) is 9.15. The normalized spacial score (nSPS) is 12.9. The Labute approximate surface area is 170 Å². The highest BCUT2D eigenvalue weighted by atomic mass is 35.5. The topological polar surface area (TPSA) is 64.6 Å². The Hall–Kier alpha value is -1.47. The molecule has 0 unspecified atom stereocenters. The van der Waals surface area contributed by atoms with Crippen LogP contribution in [0.1, 0.15) is 31.9 Å². The number of rotatable bonds is 8. The van der Waals surface area contributed by atoms with Crippen molar-refractivity contribution in [2.75, 3.05) is 14.2 Å². The first kappa shape index (κ1) is 21.8. The van der Waals surface area contributed by atoms with Gasteiger partial charge in [-0.25, -0.2) is 13.1 Å². The fraction of sp³-hybridized carbons (Fsp3) is 0.368. The summed E-state index contributed by atoms with van der Waals surface area (Å²) < 4.78 is 38.9. The standard InChI is InChI=1S/C19H23Cl2NO4S/c1-12(2)11-15(13-5-7-14(25-3)8-6-13)22-27(23,24)17-10-9-16(26-4)18(20)19(17)21/h5-10,12,15,22H,11H2,1-4H3/t15-/m0/s1. The van der Waals surface area contributed by atoms with E-state index in [1.165, 1.54) is 19.2 Å². The molecular formula is C19H23Cl2NO4S. The molecule has 2 aromatic carbocycles. The monoisotopic (exact) mass is 431 g/mol. The summed E-state index contributed by atoms with van der Waals surface area (Å²) in [4.78, 5) is -0.0859. The molecule has 2 aromatic rings. The maximum atomic E-state index is 13.0. The predicted octanol–water partition coefficient (Wildman–Crippen LogP) is 5.08. The molecule has 0 aliphatic heterocycles. The van der Waals surface area contributed by atoms with Gasteiger partial charge in [-0.15, -0.1) is 0 Å². The lowest BCUT2D eigenvalue weighted by Crippen LogP contribution is -2.30. The van der Waals surface area contributed by atoms with Crippen molar-refractivity contribution >= 4 is 33.2 Å². The zero-order valence-electron chi connectivity index (χ0n) is 15.6. The highest BCUT2D eigenvalue weighted by Gasteiger charge is 2.26. The molecule has 148 valence electrons. The number of hydrogen-bond acceptors (Lipinski definition) is 4. The predicted molar refractivity (Wildman–Crippen MR) is 109 cm³/mol. The Bertz CT molecular complexity index is 883. The first-order valence-corrected chi connectivity index (χ1v) is 10.6. The largest absolute Gasteiger partial charge is 0.497 e. The van der Waals surface area contributed by atoms with E-state index in [1.54, 1.807) is 19.2 Å². The average Bonchev–Trinajstić information content (AvgIpc) is 2.62. The number of benzene rings is 2. The number of methoxy groups -OCH3 is 2. The van der Waals surface area contributed by atoms with Crippen LogP contribution >= 0.6 is 23.2 Å². The van der Waals surface area contributed by atoms with Crippen LogP contribution in [0.2, 0.25) is 10.0 Å². The summed E-state index contributed by atoms with van der Waals surface area (Å²) in [5.41, 5.74) is 0.837. The van der Waals surface area contributed by atoms with E-state index >= 15 is 0 Å². The maximum Gasteiger partial charge on any atom is 0.242 e. The van der Waals surface area contributed by atoms with Gasteiger partial charge in [-0.1, -0.05) is 49.2 Å². The Morgan fingerprint density at radius 3 is 2.11 bits per heavy atom. The zero-order valence-corrected chi connectivity index (χ0v) is 18.0. The van der Waals surface area contributed by atoms with Gasteiger partial charge in [0.1, 0.15) is 21.4 Å². The molecule has 27 heavy (non-hydrogen) atoms. The first-order valence-electron chi connectivity index (χ1n) is 8.37. The van der Waals surface area contributed by atoms with E-state index in [0.717, 1.165) is 5.56 Å². The number of sulfonamides is 1. The fourth-order valence-corrected chi connectivity index (χ4v) is 4.77. The van der Waals surface area contributed by atoms with E-state index < -0.39 is 16.1 Å². The van der Waals surface area contributed by atoms with Crippen molar-refractivity contribution in [3.05, 3.63) is 52.0 Å². The molecule has 0 aliphatic carbocycles. The van der Waals surface area contributed by atoms with Crippen molar-refractivity contribution in [2.24, 2.45) is 5.92 Å². The molecule has 1 atom stereocenters. The van der Waals surface area contributed by atoms with Crippen molar-refractivity contribution < 1.29 is 17.9 Å². The number of ether oxygens (including phenoxy) is 2. The highest BCUT2D eigenvalue weighted by Crippen LogP contribution is 2.37. The summed E-state index contributed by atoms with van der Waals surface area (Å²) in [7, 11) is -0.881. The van der Waals surface area contributed by atoms with Gasteiger partial charge in [-0.3, -0.25) is 0 Å². The zero-order chi connectivity index (χ0) is 20.2. The minimum absolute atomic E-state index is 0.0619. The van der Waals surface area contributed by atoms with Crippen LogP contribution in [0.5, 0.6) is 11.5 Å². The van der Waals surface area contributed by atoms with Crippen LogP contribution in [0.15, 0.2) is 41.3 Å². The molecule has 8 heteroatoms. The van der Waals surface area contributed by atoms with Gasteiger partial charge in [0.2, 0.25) is 10.0 Å². The maximum absolute atomic E-state index is 13.0. The molecule has 0 aromatic heterocycles. The molecule has 0 fully saturated rings. The summed E-state index contributed by atoms with van der Waals surface area (Å²) in [5.74, 6) is 1.29. The van der Waals surface area contributed by atoms with Gasteiger partial charge in [0.15, 0.2) is 0 Å². The Balaban J connectivity index is 2.39. The van der Waals surface area contributed by atoms with Gasteiger partial charge in [-0.2, -0.15) is 0 Å². The summed E-state index contributed by atoms with van der Waals surface area (Å²) in [6.07, 6.45) is 0.618. The Morgan fingerprint density at radius 2 is 1.59 bits per heavy atom. The van der Waals surface area contributed by atoms with E-state index in [2.05, 4.69) is 4.72 Å². The molecule has 0 spiro atoms. The van der Waals surface area contributed by atoms with Gasteiger partial charge < -0.3 is 9.47 Å². The van der Waals surface area contributed by atoms with Crippen molar-refractivity contribution in [3.8, 4) is 11.5 Å². The van der Waals surface area contributed by atoms with Crippen molar-refractivity contribution in [1.82, 2.24) is 4.72 Å². The lowest BCUT2D eigenvalue weighted by atomic mass is 9.98. The highest BCUT2D eigenvalue weighted by molar-refractivity contribution is 7.89. The van der Waals surface area contributed by atoms with Crippen LogP contribution in [0.4, 0.5) is 0 Å². The lowest BCUT2D eigenvalue weighted by molar-refractivity contribution is 0.414. The van der Waals surface area contributed by atoms with E-state index in [-0.39, 0.29) is 20.9 Å². The SMILES string of the molecule is COc1ccc([C@H](CC(C)C)NS(=O)(=O)c2ccc(OC)c(Cl)c2Cl)cc1. The summed E-state index contributed by atoms with van der Waals surface area (Å²) in [5, 5.41) is -0.00607. The summed E-state index contributed by atoms with van der Waals surface area (Å²) in [6, 6.07) is 9.73. The van der Waals surface area contributed by atoms with E-state index in [1.807, 2.05) is 26.0 Å². The number of hydrogen-bond donors (Lipinski definition) is 1. The molecule has 0 bridgehead atoms. The van der Waals surface area contributed by atoms with Crippen LogP contribution < -0.4 is 14.2 Å². The molecule has 0 amide bonds. The van der Waals surface area contributed by atoms with Gasteiger partial charge in [0.25, 0.3) is 0 Å². The third-order valence-corrected chi connectivity index (χ3v) is 6.53. The molecular weight excluding hydrogens is 409 g/mol. The number of nitrogens with one attached hydrogen (secondary N) is 1. The Morgan fingerprint density at radius 1 is 0.963 bits per heavy atom. The third-order valence-electron chi connectivity index (χ3n) is 4.04. The van der Waals surface area contributed by atoms with Crippen LogP contribution in [0.3, 0.4) is 0 Å². The number of halogens is 2. The Kier molecular flexibility index (Phi) is 7.40. The quantitative estimate of drug-likeness (QED) is 0.632. The summed E-state index contributed by atoms with van der Waals surface area (Å²) in [6.45, 7) is 4.06. The second-order valence-electron chi connectivity index (χ2n) is 6.47. The molecule has 0 saturated carbocycles. The van der Waals surface area contributed by atoms with Crippen LogP contribution in [-0.4, -0.2) is 22.6 Å². The van der Waals surface area contributed by atoms with Crippen molar-refractivity contribution in [3.63, 3.8) is 0 Å². The summed E-state index contributed by atoms with van der Waals surface area (Å²) >= 11 is 12.3. The molecule has 2 rings (SSSR count). The van der Waals surface area contributed by atoms with Crippen molar-refractivity contribution in [1.29, 1.82) is 0 Å². The van der Waals surface area contributed by atoms with Gasteiger partial charge in [-0.05, 0) is 42.2 Å². The second-order valence-corrected chi connectivity index (χ2v) is 8.91. The average molecular weight is 432 g/mol. The molecule has 1 N–H and O–H groups in total. The molecule has 5 nitrogen and oxygen atoms in total.